The second-order valence-corrected chi connectivity index (χ2v) is 5.03. The third kappa shape index (κ3) is 3.64. The predicted octanol–water partition coefficient (Wildman–Crippen LogP) is 2.64. The molecule has 1 aliphatic rings. The second kappa shape index (κ2) is 7.59. The molecule has 21 heavy (non-hydrogen) atoms. The molecular formula is C15H19Cl2N3O. The first kappa shape index (κ1) is 17.7. The first-order valence-electron chi connectivity index (χ1n) is 6.64. The van der Waals surface area contributed by atoms with Gasteiger partial charge in [0.05, 0.1) is 0 Å². The number of nitrogens with zero attached hydrogens (tertiary/aromatic N) is 2. The molecule has 1 aliphatic heterocycles. The number of benzene rings is 1. The molecule has 2 aromatic rings. The molecule has 1 aromatic heterocycles. The van der Waals surface area contributed by atoms with Gasteiger partial charge in [0.25, 0.3) is 5.91 Å². The number of pyridine rings is 1. The number of nitrogens with two attached hydrogens (primary N) is 1. The van der Waals surface area contributed by atoms with Crippen molar-refractivity contribution in [3.8, 4) is 0 Å². The number of rotatable bonds is 1. The maximum atomic E-state index is 12.6. The lowest BCUT2D eigenvalue weighted by Gasteiger charge is -2.30. The number of likely N-dealkylation sites (tertiary alicyclic amines) is 1. The lowest BCUT2D eigenvalue weighted by Crippen LogP contribution is -2.45. The number of aromatic nitrogens is 1. The van der Waals surface area contributed by atoms with Gasteiger partial charge in [0.1, 0.15) is 5.69 Å². The van der Waals surface area contributed by atoms with Gasteiger partial charge < -0.3 is 10.6 Å². The van der Waals surface area contributed by atoms with Crippen LogP contribution in [0.1, 0.15) is 23.3 Å². The summed E-state index contributed by atoms with van der Waals surface area (Å²) in [4.78, 5) is 18.7. The molecule has 1 fully saturated rings. The Balaban J connectivity index is 0.00000110. The van der Waals surface area contributed by atoms with Gasteiger partial charge in [0.15, 0.2) is 0 Å². The van der Waals surface area contributed by atoms with Gasteiger partial charge in [-0.3, -0.25) is 9.78 Å². The Bertz CT molecular complexity index is 615. The van der Waals surface area contributed by atoms with E-state index in [2.05, 4.69) is 4.98 Å². The first-order valence-corrected chi connectivity index (χ1v) is 6.64. The summed E-state index contributed by atoms with van der Waals surface area (Å²) in [6.07, 6.45) is 3.66. The molecule has 0 saturated carbocycles. The number of carbonyl (C=O) groups excluding carboxylic acids is 1. The molecule has 1 saturated heterocycles. The van der Waals surface area contributed by atoms with Crippen molar-refractivity contribution in [1.82, 2.24) is 9.88 Å². The van der Waals surface area contributed by atoms with E-state index in [0.29, 0.717) is 12.2 Å². The van der Waals surface area contributed by atoms with E-state index in [0.717, 1.165) is 30.2 Å². The van der Waals surface area contributed by atoms with Crippen LogP contribution < -0.4 is 5.73 Å². The van der Waals surface area contributed by atoms with Crippen LogP contribution in [0.5, 0.6) is 0 Å². The minimum Gasteiger partial charge on any atom is -0.336 e. The number of piperidine rings is 1. The zero-order valence-corrected chi connectivity index (χ0v) is 13.2. The SMILES string of the molecule is Cl.Cl.NC1CCCN(C(=O)c2nccc3ccccc23)C1. The molecule has 1 aromatic carbocycles. The third-order valence-electron chi connectivity index (χ3n) is 3.62. The summed E-state index contributed by atoms with van der Waals surface area (Å²) in [5, 5.41) is 1.95. The van der Waals surface area contributed by atoms with Crippen molar-refractivity contribution in [2.45, 2.75) is 18.9 Å². The lowest BCUT2D eigenvalue weighted by atomic mass is 10.0. The van der Waals surface area contributed by atoms with Gasteiger partial charge in [-0.25, -0.2) is 0 Å². The summed E-state index contributed by atoms with van der Waals surface area (Å²) in [5.41, 5.74) is 6.47. The number of halogens is 2. The van der Waals surface area contributed by atoms with E-state index in [1.165, 1.54) is 0 Å². The molecule has 3 rings (SSSR count). The highest BCUT2D eigenvalue weighted by Crippen LogP contribution is 2.19. The van der Waals surface area contributed by atoms with Crippen molar-refractivity contribution < 1.29 is 4.79 Å². The largest absolute Gasteiger partial charge is 0.336 e. The van der Waals surface area contributed by atoms with E-state index in [4.69, 9.17) is 5.73 Å². The highest BCUT2D eigenvalue weighted by atomic mass is 35.5. The van der Waals surface area contributed by atoms with E-state index in [9.17, 15) is 4.79 Å². The maximum Gasteiger partial charge on any atom is 0.273 e. The van der Waals surface area contributed by atoms with Crippen molar-refractivity contribution in [2.24, 2.45) is 5.73 Å². The molecule has 1 unspecified atom stereocenters. The second-order valence-electron chi connectivity index (χ2n) is 5.03. The molecule has 0 aliphatic carbocycles. The van der Waals surface area contributed by atoms with Crippen LogP contribution in [0.25, 0.3) is 10.8 Å². The van der Waals surface area contributed by atoms with Crippen molar-refractivity contribution >= 4 is 41.5 Å². The number of amides is 1. The maximum absolute atomic E-state index is 12.6. The molecule has 0 bridgehead atoms. The van der Waals surface area contributed by atoms with Crippen LogP contribution in [-0.2, 0) is 0 Å². The topological polar surface area (TPSA) is 59.2 Å². The smallest absolute Gasteiger partial charge is 0.273 e. The standard InChI is InChI=1S/C15H17N3O.2ClH/c16-12-5-3-9-18(10-12)15(19)14-13-6-2-1-4-11(13)7-8-17-14;;/h1-2,4,6-8,12H,3,5,9-10,16H2;2*1H. The Morgan fingerprint density at radius 3 is 2.76 bits per heavy atom. The third-order valence-corrected chi connectivity index (χ3v) is 3.62. The van der Waals surface area contributed by atoms with E-state index < -0.39 is 0 Å². The molecule has 2 heterocycles. The molecule has 0 radical (unpaired) electrons. The summed E-state index contributed by atoms with van der Waals surface area (Å²) >= 11 is 0. The van der Waals surface area contributed by atoms with E-state index in [1.54, 1.807) is 6.20 Å². The van der Waals surface area contributed by atoms with E-state index >= 15 is 0 Å². The summed E-state index contributed by atoms with van der Waals surface area (Å²) in [7, 11) is 0. The molecule has 0 spiro atoms. The van der Waals surface area contributed by atoms with E-state index in [-0.39, 0.29) is 36.8 Å². The Morgan fingerprint density at radius 2 is 2.00 bits per heavy atom. The molecule has 114 valence electrons. The summed E-state index contributed by atoms with van der Waals surface area (Å²) in [6.45, 7) is 1.40. The monoisotopic (exact) mass is 327 g/mol. The number of hydrogen-bond donors (Lipinski definition) is 1. The van der Waals surface area contributed by atoms with Crippen molar-refractivity contribution in [3.05, 3.63) is 42.2 Å². The van der Waals surface area contributed by atoms with Crippen LogP contribution in [0.15, 0.2) is 36.5 Å². The predicted molar refractivity (Wildman–Crippen MR) is 89.4 cm³/mol. The quantitative estimate of drug-likeness (QED) is 0.875. The van der Waals surface area contributed by atoms with Gasteiger partial charge in [0, 0.05) is 30.7 Å². The van der Waals surface area contributed by atoms with Gasteiger partial charge >= 0.3 is 0 Å². The minimum absolute atomic E-state index is 0. The van der Waals surface area contributed by atoms with Gasteiger partial charge in [-0.15, -0.1) is 24.8 Å². The van der Waals surface area contributed by atoms with Gasteiger partial charge in [-0.1, -0.05) is 24.3 Å². The summed E-state index contributed by atoms with van der Waals surface area (Å²) in [5.74, 6) is -0.00745. The molecule has 1 amide bonds. The fourth-order valence-electron chi connectivity index (χ4n) is 2.63. The van der Waals surface area contributed by atoms with Crippen molar-refractivity contribution in [2.75, 3.05) is 13.1 Å². The van der Waals surface area contributed by atoms with Crippen LogP contribution in [-0.4, -0.2) is 34.9 Å². The zero-order valence-electron chi connectivity index (χ0n) is 11.6. The van der Waals surface area contributed by atoms with Gasteiger partial charge in [-0.05, 0) is 24.3 Å². The van der Waals surface area contributed by atoms with Crippen LogP contribution in [0, 0.1) is 0 Å². The first-order chi connectivity index (χ1) is 9.25. The zero-order chi connectivity index (χ0) is 13.2. The summed E-state index contributed by atoms with van der Waals surface area (Å²) in [6, 6.07) is 9.85. The van der Waals surface area contributed by atoms with Crippen LogP contribution in [0.2, 0.25) is 0 Å². The average Bonchev–Trinajstić information content (AvgIpc) is 2.46. The van der Waals surface area contributed by atoms with Crippen LogP contribution >= 0.6 is 24.8 Å². The summed E-state index contributed by atoms with van der Waals surface area (Å²) < 4.78 is 0. The lowest BCUT2D eigenvalue weighted by molar-refractivity contribution is 0.0705. The molecular weight excluding hydrogens is 309 g/mol. The van der Waals surface area contributed by atoms with Crippen LogP contribution in [0.4, 0.5) is 0 Å². The molecule has 6 heteroatoms. The molecule has 4 nitrogen and oxygen atoms in total. The average molecular weight is 328 g/mol. The Kier molecular flexibility index (Phi) is 6.40. The normalized spacial score (nSPS) is 17.8. The van der Waals surface area contributed by atoms with Crippen molar-refractivity contribution in [3.63, 3.8) is 0 Å². The highest BCUT2D eigenvalue weighted by Gasteiger charge is 2.24. The number of carbonyl (C=O) groups is 1. The fourth-order valence-corrected chi connectivity index (χ4v) is 2.63. The fraction of sp³-hybridized carbons (Fsp3) is 0.333. The molecule has 2 N–H and O–H groups in total. The van der Waals surface area contributed by atoms with E-state index in [1.807, 2.05) is 35.2 Å². The Hall–Kier alpha value is -1.36. The molecule has 1 atom stereocenters. The number of fused-ring (bicyclic) bond motifs is 1. The number of hydrogen-bond acceptors (Lipinski definition) is 3. The van der Waals surface area contributed by atoms with Crippen molar-refractivity contribution in [1.29, 1.82) is 0 Å². The minimum atomic E-state index is -0.00745. The van der Waals surface area contributed by atoms with Gasteiger partial charge in [-0.2, -0.15) is 0 Å². The van der Waals surface area contributed by atoms with Gasteiger partial charge in [0.2, 0.25) is 0 Å². The highest BCUT2D eigenvalue weighted by molar-refractivity contribution is 6.05. The Morgan fingerprint density at radius 1 is 1.24 bits per heavy atom. The Labute approximate surface area is 136 Å². The van der Waals surface area contributed by atoms with Crippen LogP contribution in [0.3, 0.4) is 0 Å².